The van der Waals surface area contributed by atoms with Crippen molar-refractivity contribution in [3.8, 4) is 5.69 Å². The van der Waals surface area contributed by atoms with E-state index in [1.54, 1.807) is 10.6 Å². The first-order chi connectivity index (χ1) is 9.04. The zero-order valence-corrected chi connectivity index (χ0v) is 11.6. The number of fused-ring (bicyclic) bond motifs is 1. The molecule has 2 aromatic carbocycles. The lowest BCUT2D eigenvalue weighted by Crippen LogP contribution is -1.95. The van der Waals surface area contributed by atoms with E-state index < -0.39 is 0 Å². The summed E-state index contributed by atoms with van der Waals surface area (Å²) in [6.45, 7) is 2.01. The number of aromatic nitrogens is 2. The molecule has 0 aliphatic rings. The van der Waals surface area contributed by atoms with Crippen molar-refractivity contribution in [1.29, 1.82) is 0 Å². The van der Waals surface area contributed by atoms with E-state index in [0.29, 0.717) is 15.5 Å². The van der Waals surface area contributed by atoms with Gasteiger partial charge in [-0.15, -0.1) is 0 Å². The lowest BCUT2D eigenvalue weighted by atomic mass is 10.2. The molecule has 0 radical (unpaired) electrons. The molecule has 0 fully saturated rings. The molecule has 19 heavy (non-hydrogen) atoms. The Balaban J connectivity index is 2.36. The van der Waals surface area contributed by atoms with E-state index in [1.165, 1.54) is 12.1 Å². The first-order valence-electron chi connectivity index (χ1n) is 5.72. The summed E-state index contributed by atoms with van der Waals surface area (Å²) >= 11 is 11.2. The van der Waals surface area contributed by atoms with Crippen molar-refractivity contribution in [2.75, 3.05) is 0 Å². The molecule has 96 valence electrons. The van der Waals surface area contributed by atoms with Crippen molar-refractivity contribution in [3.05, 3.63) is 57.6 Å². The van der Waals surface area contributed by atoms with Crippen molar-refractivity contribution in [1.82, 2.24) is 9.55 Å². The third kappa shape index (κ3) is 2.17. The summed E-state index contributed by atoms with van der Waals surface area (Å²) < 4.78 is 15.8. The zero-order valence-electron chi connectivity index (χ0n) is 10.1. The highest BCUT2D eigenvalue weighted by Gasteiger charge is 2.08. The molecule has 0 amide bonds. The highest BCUT2D eigenvalue weighted by molar-refractivity contribution is 7.71. The third-order valence-corrected chi connectivity index (χ3v) is 3.45. The summed E-state index contributed by atoms with van der Waals surface area (Å²) in [6.07, 6.45) is 0. The van der Waals surface area contributed by atoms with Crippen LogP contribution in [0.4, 0.5) is 4.39 Å². The predicted octanol–water partition coefficient (Wildman–Crippen LogP) is 4.79. The van der Waals surface area contributed by atoms with E-state index >= 15 is 0 Å². The average molecular weight is 293 g/mol. The van der Waals surface area contributed by atoms with Gasteiger partial charge in [-0.2, -0.15) is 0 Å². The summed E-state index contributed by atoms with van der Waals surface area (Å²) in [6, 6.07) is 10.3. The second kappa shape index (κ2) is 4.47. The summed E-state index contributed by atoms with van der Waals surface area (Å²) in [5.41, 5.74) is 3.57. The van der Waals surface area contributed by atoms with E-state index in [-0.39, 0.29) is 5.82 Å². The Kier molecular flexibility index (Phi) is 2.92. The van der Waals surface area contributed by atoms with E-state index in [1.807, 2.05) is 25.1 Å². The number of rotatable bonds is 1. The first-order valence-corrected chi connectivity index (χ1v) is 6.51. The van der Waals surface area contributed by atoms with Crippen LogP contribution in [0.1, 0.15) is 5.56 Å². The van der Waals surface area contributed by atoms with Crippen LogP contribution in [0.15, 0.2) is 36.4 Å². The largest absolute Gasteiger partial charge is 0.330 e. The molecule has 1 heterocycles. The standard InChI is InChI=1S/C14H10ClFN2S/c1-8-2-3-13-12(4-8)17-14(19)18(13)11-6-9(15)5-10(16)7-11/h2-7H,1H3,(H,17,19). The molecule has 3 rings (SSSR count). The first kappa shape index (κ1) is 12.4. The topological polar surface area (TPSA) is 20.7 Å². The highest BCUT2D eigenvalue weighted by Crippen LogP contribution is 2.23. The maximum absolute atomic E-state index is 13.5. The molecule has 0 aliphatic carbocycles. The Labute approximate surface area is 119 Å². The Morgan fingerprint density at radius 2 is 2.00 bits per heavy atom. The van der Waals surface area contributed by atoms with Crippen molar-refractivity contribution in [2.45, 2.75) is 6.92 Å². The number of imidazole rings is 1. The second-order valence-corrected chi connectivity index (χ2v) is 5.24. The maximum atomic E-state index is 13.5. The monoisotopic (exact) mass is 292 g/mol. The molecule has 0 unspecified atom stereocenters. The minimum absolute atomic E-state index is 0.346. The summed E-state index contributed by atoms with van der Waals surface area (Å²) in [5.74, 6) is -0.383. The lowest BCUT2D eigenvalue weighted by Gasteiger charge is -2.05. The van der Waals surface area contributed by atoms with Crippen molar-refractivity contribution < 1.29 is 4.39 Å². The van der Waals surface area contributed by atoms with Gasteiger partial charge in [0.1, 0.15) is 5.82 Å². The number of halogens is 2. The van der Waals surface area contributed by atoms with Crippen LogP contribution in [0.3, 0.4) is 0 Å². The smallest absolute Gasteiger partial charge is 0.182 e. The minimum atomic E-state index is -0.383. The van der Waals surface area contributed by atoms with Gasteiger partial charge in [-0.1, -0.05) is 17.7 Å². The van der Waals surface area contributed by atoms with Crippen LogP contribution < -0.4 is 0 Å². The summed E-state index contributed by atoms with van der Waals surface area (Å²) in [4.78, 5) is 3.12. The van der Waals surface area contributed by atoms with Crippen LogP contribution in [-0.4, -0.2) is 9.55 Å². The molecule has 0 saturated heterocycles. The fraction of sp³-hybridized carbons (Fsp3) is 0.0714. The number of hydrogen-bond donors (Lipinski definition) is 1. The van der Waals surface area contributed by atoms with E-state index in [4.69, 9.17) is 23.8 Å². The van der Waals surface area contributed by atoms with Gasteiger partial charge in [0.05, 0.1) is 16.7 Å². The van der Waals surface area contributed by atoms with Crippen molar-refractivity contribution in [3.63, 3.8) is 0 Å². The lowest BCUT2D eigenvalue weighted by molar-refractivity contribution is 0.627. The number of aryl methyl sites for hydroxylation is 1. The van der Waals surface area contributed by atoms with Crippen LogP contribution >= 0.6 is 23.8 Å². The van der Waals surface area contributed by atoms with Crippen LogP contribution in [0, 0.1) is 17.5 Å². The quantitative estimate of drug-likeness (QED) is 0.640. The number of hydrogen-bond acceptors (Lipinski definition) is 1. The summed E-state index contributed by atoms with van der Waals surface area (Å²) in [7, 11) is 0. The molecular weight excluding hydrogens is 283 g/mol. The molecule has 0 saturated carbocycles. The molecule has 2 nitrogen and oxygen atoms in total. The molecule has 0 aliphatic heterocycles. The molecule has 5 heteroatoms. The SMILES string of the molecule is Cc1ccc2c(c1)[nH]c(=S)n2-c1cc(F)cc(Cl)c1. The zero-order chi connectivity index (χ0) is 13.6. The third-order valence-electron chi connectivity index (χ3n) is 2.94. The van der Waals surface area contributed by atoms with Gasteiger partial charge in [0.25, 0.3) is 0 Å². The normalized spacial score (nSPS) is 11.1. The summed E-state index contributed by atoms with van der Waals surface area (Å²) in [5, 5.41) is 0.346. The van der Waals surface area contributed by atoms with Gasteiger partial charge in [-0.3, -0.25) is 4.57 Å². The number of aromatic amines is 1. The molecular formula is C14H10ClFN2S. The van der Waals surface area contributed by atoms with Gasteiger partial charge in [0.15, 0.2) is 4.77 Å². The Morgan fingerprint density at radius 1 is 1.21 bits per heavy atom. The average Bonchev–Trinajstić information content (AvgIpc) is 2.62. The van der Waals surface area contributed by atoms with Gasteiger partial charge in [-0.25, -0.2) is 4.39 Å². The van der Waals surface area contributed by atoms with Gasteiger partial charge in [0, 0.05) is 5.02 Å². The molecule has 1 N–H and O–H groups in total. The molecule has 0 spiro atoms. The van der Waals surface area contributed by atoms with Gasteiger partial charge in [-0.05, 0) is 55.0 Å². The van der Waals surface area contributed by atoms with Crippen LogP contribution in [0.5, 0.6) is 0 Å². The number of H-pyrrole nitrogens is 1. The van der Waals surface area contributed by atoms with Crippen molar-refractivity contribution >= 4 is 34.9 Å². The molecule has 3 aromatic rings. The predicted molar refractivity (Wildman–Crippen MR) is 78.2 cm³/mol. The van der Waals surface area contributed by atoms with Crippen LogP contribution in [0.25, 0.3) is 16.7 Å². The van der Waals surface area contributed by atoms with Gasteiger partial charge in [0.2, 0.25) is 0 Å². The molecule has 1 aromatic heterocycles. The molecule has 0 atom stereocenters. The van der Waals surface area contributed by atoms with Crippen molar-refractivity contribution in [2.24, 2.45) is 0 Å². The fourth-order valence-corrected chi connectivity index (χ4v) is 2.68. The number of nitrogens with one attached hydrogen (secondary N) is 1. The van der Waals surface area contributed by atoms with E-state index in [2.05, 4.69) is 4.98 Å². The Morgan fingerprint density at radius 3 is 2.74 bits per heavy atom. The van der Waals surface area contributed by atoms with E-state index in [0.717, 1.165) is 16.6 Å². The van der Waals surface area contributed by atoms with Gasteiger partial charge < -0.3 is 4.98 Å². The Bertz CT molecular complexity index is 815. The molecule has 0 bridgehead atoms. The van der Waals surface area contributed by atoms with E-state index in [9.17, 15) is 4.39 Å². The van der Waals surface area contributed by atoms with Crippen LogP contribution in [-0.2, 0) is 0 Å². The Hall–Kier alpha value is -1.65. The highest BCUT2D eigenvalue weighted by atomic mass is 35.5. The maximum Gasteiger partial charge on any atom is 0.182 e. The fourth-order valence-electron chi connectivity index (χ4n) is 2.15. The minimum Gasteiger partial charge on any atom is -0.330 e. The van der Waals surface area contributed by atoms with Crippen LogP contribution in [0.2, 0.25) is 5.02 Å². The van der Waals surface area contributed by atoms with Gasteiger partial charge >= 0.3 is 0 Å². The number of benzene rings is 2. The number of nitrogens with zero attached hydrogens (tertiary/aromatic N) is 1. The second-order valence-electron chi connectivity index (χ2n) is 4.41.